The lowest BCUT2D eigenvalue weighted by molar-refractivity contribution is -0.140. The molecule has 0 aliphatic carbocycles. The Hall–Kier alpha value is -1.30. The fourth-order valence-corrected chi connectivity index (χ4v) is 1.93. The smallest absolute Gasteiger partial charge is 0.326 e. The lowest BCUT2D eigenvalue weighted by atomic mass is 10.1. The molecule has 2 amide bonds. The van der Waals surface area contributed by atoms with Gasteiger partial charge in [-0.2, -0.15) is 0 Å². The number of ether oxygens (including phenoxy) is 1. The maximum atomic E-state index is 11.8. The third-order valence-electron chi connectivity index (χ3n) is 3.06. The highest BCUT2D eigenvalue weighted by Crippen LogP contribution is 2.13. The average molecular weight is 258 g/mol. The largest absolute Gasteiger partial charge is 0.480 e. The van der Waals surface area contributed by atoms with Crippen LogP contribution in [0.5, 0.6) is 0 Å². The number of aliphatic carboxylic acids is 1. The van der Waals surface area contributed by atoms with Gasteiger partial charge in [0.25, 0.3) is 0 Å². The van der Waals surface area contributed by atoms with E-state index in [0.29, 0.717) is 6.54 Å². The molecule has 0 saturated carbocycles. The number of carbonyl (C=O) groups excluding carboxylic acids is 1. The molecule has 1 rings (SSSR count). The molecule has 104 valence electrons. The molecule has 2 N–H and O–H groups in total. The van der Waals surface area contributed by atoms with E-state index in [1.807, 2.05) is 0 Å². The number of likely N-dealkylation sites (N-methyl/N-ethyl adjacent to an activating group) is 1. The number of hydrogen-bond donors (Lipinski definition) is 2. The van der Waals surface area contributed by atoms with E-state index in [-0.39, 0.29) is 18.1 Å². The van der Waals surface area contributed by atoms with Gasteiger partial charge in [0.1, 0.15) is 6.04 Å². The molecule has 1 aliphatic heterocycles. The number of carboxylic acid groups (broad SMARTS) is 1. The summed E-state index contributed by atoms with van der Waals surface area (Å²) >= 11 is 0. The van der Waals surface area contributed by atoms with E-state index >= 15 is 0 Å². The summed E-state index contributed by atoms with van der Waals surface area (Å²) in [5.74, 6) is -1.16. The van der Waals surface area contributed by atoms with Gasteiger partial charge in [-0.1, -0.05) is 13.8 Å². The molecule has 0 bridgehead atoms. The molecule has 1 unspecified atom stereocenters. The SMILES string of the molecule is CC(C)[C@@H](NC(=O)N(C)CC1CCCO1)C(=O)O. The Morgan fingerprint density at radius 1 is 1.50 bits per heavy atom. The van der Waals surface area contributed by atoms with Crippen molar-refractivity contribution in [2.45, 2.75) is 38.8 Å². The topological polar surface area (TPSA) is 78.9 Å². The third kappa shape index (κ3) is 4.18. The number of hydrogen-bond acceptors (Lipinski definition) is 3. The highest BCUT2D eigenvalue weighted by molar-refractivity contribution is 5.82. The number of nitrogens with zero attached hydrogens (tertiary/aromatic N) is 1. The van der Waals surface area contributed by atoms with Crippen molar-refractivity contribution < 1.29 is 19.4 Å². The van der Waals surface area contributed by atoms with Crippen molar-refractivity contribution in [3.63, 3.8) is 0 Å². The van der Waals surface area contributed by atoms with Gasteiger partial charge in [0.05, 0.1) is 6.10 Å². The fraction of sp³-hybridized carbons (Fsp3) is 0.833. The van der Waals surface area contributed by atoms with E-state index in [4.69, 9.17) is 9.84 Å². The maximum absolute atomic E-state index is 11.8. The van der Waals surface area contributed by atoms with E-state index in [9.17, 15) is 9.59 Å². The minimum absolute atomic E-state index is 0.0723. The van der Waals surface area contributed by atoms with Gasteiger partial charge in [-0.3, -0.25) is 0 Å². The molecule has 0 aromatic carbocycles. The Morgan fingerprint density at radius 2 is 2.17 bits per heavy atom. The van der Waals surface area contributed by atoms with Crippen LogP contribution in [0.15, 0.2) is 0 Å². The summed E-state index contributed by atoms with van der Waals surface area (Å²) in [6.45, 7) is 4.76. The van der Waals surface area contributed by atoms with Gasteiger partial charge in [-0.05, 0) is 18.8 Å². The molecule has 1 saturated heterocycles. The van der Waals surface area contributed by atoms with Crippen LogP contribution in [0.4, 0.5) is 4.79 Å². The van der Waals surface area contributed by atoms with Gasteiger partial charge in [0, 0.05) is 20.2 Å². The quantitative estimate of drug-likeness (QED) is 0.768. The Balaban J connectivity index is 2.44. The molecule has 6 nitrogen and oxygen atoms in total. The van der Waals surface area contributed by atoms with Crippen LogP contribution in [0.3, 0.4) is 0 Å². The normalized spacial score (nSPS) is 20.8. The minimum atomic E-state index is -1.01. The number of nitrogens with one attached hydrogen (secondary N) is 1. The number of rotatable bonds is 5. The third-order valence-corrected chi connectivity index (χ3v) is 3.06. The van der Waals surface area contributed by atoms with Crippen molar-refractivity contribution in [2.24, 2.45) is 5.92 Å². The second kappa shape index (κ2) is 6.58. The molecule has 1 fully saturated rings. The number of urea groups is 1. The Labute approximate surface area is 107 Å². The molecule has 1 aliphatic rings. The summed E-state index contributed by atoms with van der Waals surface area (Å²) in [5.41, 5.74) is 0. The van der Waals surface area contributed by atoms with Crippen molar-refractivity contribution in [3.8, 4) is 0 Å². The van der Waals surface area contributed by atoms with E-state index in [1.54, 1.807) is 20.9 Å². The van der Waals surface area contributed by atoms with Gasteiger partial charge < -0.3 is 20.1 Å². The highest BCUT2D eigenvalue weighted by atomic mass is 16.5. The van der Waals surface area contributed by atoms with Gasteiger partial charge in [-0.15, -0.1) is 0 Å². The first-order chi connectivity index (χ1) is 8.41. The fourth-order valence-electron chi connectivity index (χ4n) is 1.93. The molecule has 0 spiro atoms. The summed E-state index contributed by atoms with van der Waals surface area (Å²) in [5, 5.41) is 11.5. The monoisotopic (exact) mass is 258 g/mol. The molecule has 1 heterocycles. The summed E-state index contributed by atoms with van der Waals surface area (Å²) in [6.07, 6.45) is 2.04. The summed E-state index contributed by atoms with van der Waals surface area (Å²) < 4.78 is 5.44. The molecule has 0 aromatic rings. The molecular formula is C12H22N2O4. The van der Waals surface area contributed by atoms with Crippen LogP contribution in [-0.2, 0) is 9.53 Å². The Kier molecular flexibility index (Phi) is 5.40. The zero-order valence-corrected chi connectivity index (χ0v) is 11.2. The Bertz CT molecular complexity index is 300. The standard InChI is InChI=1S/C12H22N2O4/c1-8(2)10(11(15)16)13-12(17)14(3)7-9-5-4-6-18-9/h8-10H,4-7H2,1-3H3,(H,13,17)(H,15,16)/t9?,10-/m1/s1. The highest BCUT2D eigenvalue weighted by Gasteiger charge is 2.26. The van der Waals surface area contributed by atoms with Gasteiger partial charge in [-0.25, -0.2) is 9.59 Å². The van der Waals surface area contributed by atoms with Crippen LogP contribution in [0.25, 0.3) is 0 Å². The second-order valence-electron chi connectivity index (χ2n) is 5.02. The minimum Gasteiger partial charge on any atom is -0.480 e. The van der Waals surface area contributed by atoms with E-state index in [2.05, 4.69) is 5.32 Å². The van der Waals surface area contributed by atoms with Crippen molar-refractivity contribution >= 4 is 12.0 Å². The second-order valence-corrected chi connectivity index (χ2v) is 5.02. The summed E-state index contributed by atoms with van der Waals surface area (Å²) in [4.78, 5) is 24.3. The van der Waals surface area contributed by atoms with Crippen LogP contribution < -0.4 is 5.32 Å². The predicted molar refractivity (Wildman–Crippen MR) is 66.4 cm³/mol. The van der Waals surface area contributed by atoms with Crippen LogP contribution in [-0.4, -0.2) is 54.4 Å². The number of carbonyl (C=O) groups is 2. The molecular weight excluding hydrogens is 236 g/mol. The van der Waals surface area contributed by atoms with Crippen LogP contribution in [0.1, 0.15) is 26.7 Å². The average Bonchev–Trinajstić information content (AvgIpc) is 2.77. The molecule has 0 aromatic heterocycles. The van der Waals surface area contributed by atoms with Crippen LogP contribution in [0.2, 0.25) is 0 Å². The first-order valence-electron chi connectivity index (χ1n) is 6.28. The van der Waals surface area contributed by atoms with Crippen LogP contribution in [0, 0.1) is 5.92 Å². The summed E-state index contributed by atoms with van der Waals surface area (Å²) in [6, 6.07) is -1.23. The lowest BCUT2D eigenvalue weighted by Gasteiger charge is -2.25. The van der Waals surface area contributed by atoms with Crippen LogP contribution >= 0.6 is 0 Å². The lowest BCUT2D eigenvalue weighted by Crippen LogP contribution is -2.50. The van der Waals surface area contributed by atoms with Gasteiger partial charge >= 0.3 is 12.0 Å². The molecule has 0 radical (unpaired) electrons. The summed E-state index contributed by atoms with van der Waals surface area (Å²) in [7, 11) is 1.65. The molecule has 6 heteroatoms. The number of carboxylic acids is 1. The van der Waals surface area contributed by atoms with Gasteiger partial charge in [0.15, 0.2) is 0 Å². The molecule has 2 atom stereocenters. The van der Waals surface area contributed by atoms with E-state index in [1.165, 1.54) is 4.90 Å². The van der Waals surface area contributed by atoms with Crippen molar-refractivity contribution in [1.29, 1.82) is 0 Å². The first-order valence-corrected chi connectivity index (χ1v) is 6.28. The predicted octanol–water partition coefficient (Wildman–Crippen LogP) is 0.916. The van der Waals surface area contributed by atoms with Crippen molar-refractivity contribution in [1.82, 2.24) is 10.2 Å². The molecule has 18 heavy (non-hydrogen) atoms. The van der Waals surface area contributed by atoms with E-state index in [0.717, 1.165) is 19.4 Å². The zero-order chi connectivity index (χ0) is 13.7. The van der Waals surface area contributed by atoms with Gasteiger partial charge in [0.2, 0.25) is 0 Å². The van der Waals surface area contributed by atoms with Crippen molar-refractivity contribution in [2.75, 3.05) is 20.2 Å². The maximum Gasteiger partial charge on any atom is 0.326 e. The first kappa shape index (κ1) is 14.8. The zero-order valence-electron chi connectivity index (χ0n) is 11.2. The van der Waals surface area contributed by atoms with Crippen molar-refractivity contribution in [3.05, 3.63) is 0 Å². The Morgan fingerprint density at radius 3 is 2.61 bits per heavy atom. The van der Waals surface area contributed by atoms with E-state index < -0.39 is 12.0 Å². The number of amides is 2.